The summed E-state index contributed by atoms with van der Waals surface area (Å²) in [6.07, 6.45) is 0. The molecule has 0 bridgehead atoms. The Kier molecular flexibility index (Phi) is 6.69. The average molecular weight is 382 g/mol. The number of carbonyl (C=O) groups is 3. The van der Waals surface area contributed by atoms with Gasteiger partial charge in [-0.15, -0.1) is 0 Å². The number of nitrogens with two attached hydrogens (primary N) is 2. The van der Waals surface area contributed by atoms with Gasteiger partial charge in [0.2, 0.25) is 11.8 Å². The smallest absolute Gasteiger partial charge is 0.319 e. The van der Waals surface area contributed by atoms with Crippen molar-refractivity contribution in [1.29, 1.82) is 5.41 Å². The van der Waals surface area contributed by atoms with E-state index in [1.165, 1.54) is 0 Å². The van der Waals surface area contributed by atoms with E-state index < -0.39 is 11.9 Å². The van der Waals surface area contributed by atoms with Gasteiger partial charge in [0.15, 0.2) is 0 Å². The minimum Gasteiger partial charge on any atom is -0.384 e. The molecule has 0 spiro atoms. The second-order valence-corrected chi connectivity index (χ2v) is 6.07. The number of amidine groups is 1. The molecule has 0 fully saturated rings. The maximum atomic E-state index is 12.0. The van der Waals surface area contributed by atoms with E-state index in [1.54, 1.807) is 55.5 Å². The fourth-order valence-electron chi connectivity index (χ4n) is 2.38. The number of nitrogen functional groups attached to an aromatic ring is 1. The molecule has 0 heterocycles. The van der Waals surface area contributed by atoms with Crippen molar-refractivity contribution in [3.63, 3.8) is 0 Å². The van der Waals surface area contributed by atoms with Crippen LogP contribution in [0.25, 0.3) is 0 Å². The molecule has 1 unspecified atom stereocenters. The largest absolute Gasteiger partial charge is 0.384 e. The molecule has 0 aliphatic heterocycles. The third-order valence-corrected chi connectivity index (χ3v) is 3.94. The van der Waals surface area contributed by atoms with Crippen molar-refractivity contribution in [3.05, 3.63) is 65.2 Å². The van der Waals surface area contributed by atoms with Gasteiger partial charge in [-0.05, 0) is 48.9 Å². The summed E-state index contributed by atoms with van der Waals surface area (Å²) in [4.78, 5) is 35.0. The standard InChI is InChI=1S/C19H22N6O3/c1-11(12-2-4-14(5-3-12)18(22)27)24-16(26)10-23-19(28)25-15-8-6-13(7-9-15)17(20)21/h2-9,11H,10H2,1H3,(H3,20,21)(H2,22,27)(H,24,26)(H2,23,25,28). The third kappa shape index (κ3) is 5.84. The predicted octanol–water partition coefficient (Wildman–Crippen LogP) is 1.07. The maximum Gasteiger partial charge on any atom is 0.319 e. The second kappa shape index (κ2) is 9.17. The molecule has 0 aliphatic carbocycles. The Morgan fingerprint density at radius 1 is 0.964 bits per heavy atom. The zero-order valence-electron chi connectivity index (χ0n) is 15.3. The maximum absolute atomic E-state index is 12.0. The highest BCUT2D eigenvalue weighted by Gasteiger charge is 2.11. The Morgan fingerprint density at radius 3 is 2.07 bits per heavy atom. The molecule has 9 heteroatoms. The number of hydrogen-bond acceptors (Lipinski definition) is 4. The zero-order valence-corrected chi connectivity index (χ0v) is 15.3. The highest BCUT2D eigenvalue weighted by atomic mass is 16.2. The van der Waals surface area contributed by atoms with Crippen LogP contribution in [-0.2, 0) is 4.79 Å². The molecule has 0 saturated heterocycles. The number of anilines is 1. The molecule has 9 nitrogen and oxygen atoms in total. The lowest BCUT2D eigenvalue weighted by Crippen LogP contribution is -2.39. The monoisotopic (exact) mass is 382 g/mol. The van der Waals surface area contributed by atoms with Crippen LogP contribution >= 0.6 is 0 Å². The fourth-order valence-corrected chi connectivity index (χ4v) is 2.38. The van der Waals surface area contributed by atoms with Gasteiger partial charge >= 0.3 is 6.03 Å². The van der Waals surface area contributed by atoms with Crippen molar-refractivity contribution >= 4 is 29.4 Å². The van der Waals surface area contributed by atoms with E-state index in [0.29, 0.717) is 16.8 Å². The van der Waals surface area contributed by atoms with E-state index in [9.17, 15) is 14.4 Å². The molecule has 8 N–H and O–H groups in total. The van der Waals surface area contributed by atoms with Gasteiger partial charge in [0, 0.05) is 16.8 Å². The summed E-state index contributed by atoms with van der Waals surface area (Å²) in [6.45, 7) is 1.58. The van der Waals surface area contributed by atoms with Crippen molar-refractivity contribution in [1.82, 2.24) is 10.6 Å². The van der Waals surface area contributed by atoms with E-state index in [4.69, 9.17) is 16.9 Å². The second-order valence-electron chi connectivity index (χ2n) is 6.07. The van der Waals surface area contributed by atoms with Crippen molar-refractivity contribution in [2.45, 2.75) is 13.0 Å². The van der Waals surface area contributed by atoms with Crippen molar-refractivity contribution < 1.29 is 14.4 Å². The first kappa shape index (κ1) is 20.4. The first-order valence-electron chi connectivity index (χ1n) is 8.44. The van der Waals surface area contributed by atoms with E-state index in [0.717, 1.165) is 5.56 Å². The topological polar surface area (TPSA) is 163 Å². The van der Waals surface area contributed by atoms with Crippen molar-refractivity contribution in [2.75, 3.05) is 11.9 Å². The van der Waals surface area contributed by atoms with Gasteiger partial charge < -0.3 is 27.4 Å². The van der Waals surface area contributed by atoms with E-state index in [1.807, 2.05) is 0 Å². The summed E-state index contributed by atoms with van der Waals surface area (Å²) < 4.78 is 0. The number of primary amides is 1. The molecule has 2 rings (SSSR count). The highest BCUT2D eigenvalue weighted by Crippen LogP contribution is 2.13. The number of hydrogen-bond donors (Lipinski definition) is 6. The lowest BCUT2D eigenvalue weighted by atomic mass is 10.1. The molecule has 0 aliphatic rings. The normalized spacial score (nSPS) is 11.2. The van der Waals surface area contributed by atoms with Gasteiger partial charge in [-0.3, -0.25) is 15.0 Å². The Labute approximate surface area is 162 Å². The van der Waals surface area contributed by atoms with Crippen LogP contribution < -0.4 is 27.4 Å². The SMILES string of the molecule is CC(NC(=O)CNC(=O)Nc1ccc(C(=N)N)cc1)c1ccc(C(N)=O)cc1. The Morgan fingerprint density at radius 2 is 1.54 bits per heavy atom. The summed E-state index contributed by atoms with van der Waals surface area (Å²) >= 11 is 0. The summed E-state index contributed by atoms with van der Waals surface area (Å²) in [7, 11) is 0. The molecular formula is C19H22N6O3. The van der Waals surface area contributed by atoms with Gasteiger partial charge in [0.25, 0.3) is 0 Å². The number of benzene rings is 2. The van der Waals surface area contributed by atoms with Gasteiger partial charge in [-0.2, -0.15) is 0 Å². The van der Waals surface area contributed by atoms with Crippen molar-refractivity contribution in [2.24, 2.45) is 11.5 Å². The molecule has 28 heavy (non-hydrogen) atoms. The number of urea groups is 1. The van der Waals surface area contributed by atoms with E-state index in [-0.39, 0.29) is 24.3 Å². The summed E-state index contributed by atoms with van der Waals surface area (Å²) in [6, 6.07) is 12.2. The predicted molar refractivity (Wildman–Crippen MR) is 106 cm³/mol. The van der Waals surface area contributed by atoms with Gasteiger partial charge in [-0.1, -0.05) is 12.1 Å². The zero-order chi connectivity index (χ0) is 20.7. The van der Waals surface area contributed by atoms with Gasteiger partial charge in [0.1, 0.15) is 5.84 Å². The summed E-state index contributed by atoms with van der Waals surface area (Å²) in [5.41, 5.74) is 12.8. The molecule has 146 valence electrons. The quantitative estimate of drug-likeness (QED) is 0.312. The first-order valence-corrected chi connectivity index (χ1v) is 8.44. The van der Waals surface area contributed by atoms with Gasteiger partial charge in [0.05, 0.1) is 12.6 Å². The average Bonchev–Trinajstić information content (AvgIpc) is 2.67. The molecule has 2 aromatic carbocycles. The number of amides is 4. The lowest BCUT2D eigenvalue weighted by molar-refractivity contribution is -0.120. The van der Waals surface area contributed by atoms with Crippen LogP contribution in [0.1, 0.15) is 34.5 Å². The third-order valence-electron chi connectivity index (χ3n) is 3.94. The molecule has 0 saturated carbocycles. The van der Waals surface area contributed by atoms with Crippen LogP contribution in [0.5, 0.6) is 0 Å². The van der Waals surface area contributed by atoms with E-state index >= 15 is 0 Å². The first-order chi connectivity index (χ1) is 13.3. The lowest BCUT2D eigenvalue weighted by Gasteiger charge is -2.15. The molecule has 0 radical (unpaired) electrons. The van der Waals surface area contributed by atoms with Gasteiger partial charge in [-0.25, -0.2) is 4.79 Å². The summed E-state index contributed by atoms with van der Waals surface area (Å²) in [5, 5.41) is 15.1. The molecular weight excluding hydrogens is 360 g/mol. The van der Waals surface area contributed by atoms with Crippen LogP contribution in [-0.4, -0.2) is 30.2 Å². The Bertz CT molecular complexity index is 878. The number of nitrogens with one attached hydrogen (secondary N) is 4. The molecule has 1 atom stereocenters. The Balaban J connectivity index is 1.80. The molecule has 4 amide bonds. The number of carbonyl (C=O) groups excluding carboxylic acids is 3. The number of rotatable bonds is 7. The Hall–Kier alpha value is -3.88. The molecule has 2 aromatic rings. The van der Waals surface area contributed by atoms with Crippen LogP contribution in [0.4, 0.5) is 10.5 Å². The van der Waals surface area contributed by atoms with Crippen molar-refractivity contribution in [3.8, 4) is 0 Å². The minimum absolute atomic E-state index is 0.0638. The minimum atomic E-state index is -0.538. The highest BCUT2D eigenvalue weighted by molar-refractivity contribution is 5.96. The van der Waals surface area contributed by atoms with Crippen LogP contribution in [0.3, 0.4) is 0 Å². The van der Waals surface area contributed by atoms with E-state index in [2.05, 4.69) is 16.0 Å². The molecule has 0 aromatic heterocycles. The van der Waals surface area contributed by atoms with Crippen LogP contribution in [0.2, 0.25) is 0 Å². The van der Waals surface area contributed by atoms with Crippen LogP contribution in [0, 0.1) is 5.41 Å². The van der Waals surface area contributed by atoms with Crippen LogP contribution in [0.15, 0.2) is 48.5 Å². The summed E-state index contributed by atoms with van der Waals surface area (Å²) in [5.74, 6) is -0.950. The fraction of sp³-hybridized carbons (Fsp3) is 0.158.